The van der Waals surface area contributed by atoms with E-state index in [-0.39, 0.29) is 22.6 Å². The SMILES string of the molecule is Cc1ccc(C2(c3ccc(N4C(=O)c5ccc(Oc6ccc7c(c6)C(=O)N(C)C7=O)cc5C4=O)cc3)c3ccccc3-c3ccccc32)cc1. The Labute approximate surface area is 288 Å². The molecule has 0 bridgehead atoms. The predicted octanol–water partition coefficient (Wildman–Crippen LogP) is 8.18. The third-order valence-corrected chi connectivity index (χ3v) is 10.2. The van der Waals surface area contributed by atoms with E-state index in [4.69, 9.17) is 4.74 Å². The van der Waals surface area contributed by atoms with Crippen LogP contribution in [0, 0.1) is 6.92 Å². The molecule has 7 heteroatoms. The zero-order valence-corrected chi connectivity index (χ0v) is 27.1. The van der Waals surface area contributed by atoms with Gasteiger partial charge < -0.3 is 4.74 Å². The molecule has 0 spiro atoms. The van der Waals surface area contributed by atoms with Gasteiger partial charge in [0.25, 0.3) is 23.6 Å². The number of anilines is 1. The zero-order chi connectivity index (χ0) is 34.3. The number of imide groups is 2. The van der Waals surface area contributed by atoms with Crippen LogP contribution in [-0.2, 0) is 5.41 Å². The van der Waals surface area contributed by atoms with Gasteiger partial charge in [-0.05, 0) is 88.8 Å². The molecule has 0 unspecified atom stereocenters. The molecule has 7 nitrogen and oxygen atoms in total. The molecule has 50 heavy (non-hydrogen) atoms. The summed E-state index contributed by atoms with van der Waals surface area (Å²) < 4.78 is 6.00. The maximum absolute atomic E-state index is 13.8. The number of hydrogen-bond donors (Lipinski definition) is 0. The van der Waals surface area contributed by atoms with E-state index in [1.807, 2.05) is 24.3 Å². The molecule has 0 N–H and O–H groups in total. The van der Waals surface area contributed by atoms with Gasteiger partial charge in [-0.2, -0.15) is 0 Å². The quantitative estimate of drug-likeness (QED) is 0.175. The zero-order valence-electron chi connectivity index (χ0n) is 27.1. The summed E-state index contributed by atoms with van der Waals surface area (Å²) in [4.78, 5) is 54.5. The molecule has 2 heterocycles. The molecule has 0 radical (unpaired) electrons. The number of carbonyl (C=O) groups excluding carboxylic acids is 4. The molecule has 0 aromatic heterocycles. The second kappa shape index (κ2) is 10.7. The van der Waals surface area contributed by atoms with Gasteiger partial charge in [0.2, 0.25) is 0 Å². The number of amides is 4. The molecule has 2 aliphatic heterocycles. The van der Waals surface area contributed by atoms with Gasteiger partial charge >= 0.3 is 0 Å². The summed E-state index contributed by atoms with van der Waals surface area (Å²) in [5.74, 6) is -0.983. The molecular weight excluding hydrogens is 624 g/mol. The minimum absolute atomic E-state index is 0.221. The van der Waals surface area contributed by atoms with Crippen LogP contribution in [0.2, 0.25) is 0 Å². The van der Waals surface area contributed by atoms with E-state index in [2.05, 4.69) is 79.7 Å². The number of ether oxygens (including phenoxy) is 1. The summed E-state index contributed by atoms with van der Waals surface area (Å²) in [7, 11) is 1.43. The van der Waals surface area contributed by atoms with Gasteiger partial charge in [0.15, 0.2) is 0 Å². The number of aryl methyl sites for hydroxylation is 1. The Balaban J connectivity index is 1.07. The lowest BCUT2D eigenvalue weighted by Crippen LogP contribution is -2.30. The van der Waals surface area contributed by atoms with Crippen LogP contribution in [0.3, 0.4) is 0 Å². The van der Waals surface area contributed by atoms with Crippen LogP contribution in [0.4, 0.5) is 5.69 Å². The normalized spacial score (nSPS) is 15.2. The van der Waals surface area contributed by atoms with Crippen molar-refractivity contribution in [3.63, 3.8) is 0 Å². The van der Waals surface area contributed by atoms with Crippen LogP contribution in [0.15, 0.2) is 133 Å². The highest BCUT2D eigenvalue weighted by Crippen LogP contribution is 2.56. The standard InChI is InChI=1S/C43H28N2O5/c1-25-11-13-26(14-12-25)43(37-9-5-3-7-31(37)32-8-4-6-10-38(32)43)27-15-17-28(18-16-27)45-41(48)34-22-20-30(24-36(34)42(45)49)50-29-19-21-33-35(23-29)40(47)44(2)39(33)46/h3-24H,1-2H3. The minimum Gasteiger partial charge on any atom is -0.457 e. The number of fused-ring (bicyclic) bond motifs is 5. The highest BCUT2D eigenvalue weighted by Gasteiger charge is 2.46. The van der Waals surface area contributed by atoms with Crippen molar-refractivity contribution in [2.45, 2.75) is 12.3 Å². The van der Waals surface area contributed by atoms with Crippen molar-refractivity contribution in [1.82, 2.24) is 4.90 Å². The van der Waals surface area contributed by atoms with Crippen molar-refractivity contribution in [3.05, 3.63) is 184 Å². The first-order valence-electron chi connectivity index (χ1n) is 16.3. The third-order valence-electron chi connectivity index (χ3n) is 10.2. The first-order valence-corrected chi connectivity index (χ1v) is 16.3. The van der Waals surface area contributed by atoms with E-state index in [0.29, 0.717) is 22.7 Å². The molecule has 1 aliphatic carbocycles. The fraction of sp³-hybridized carbons (Fsp3) is 0.0698. The Bertz CT molecular complexity index is 2420. The highest BCUT2D eigenvalue weighted by atomic mass is 16.5. The van der Waals surface area contributed by atoms with Gasteiger partial charge in [-0.15, -0.1) is 0 Å². The second-order valence-corrected chi connectivity index (χ2v) is 12.9. The second-order valence-electron chi connectivity index (χ2n) is 12.9. The predicted molar refractivity (Wildman–Crippen MR) is 189 cm³/mol. The number of benzene rings is 6. The molecule has 240 valence electrons. The summed E-state index contributed by atoms with van der Waals surface area (Å²) in [5, 5.41) is 0. The van der Waals surface area contributed by atoms with Crippen molar-refractivity contribution < 1.29 is 23.9 Å². The van der Waals surface area contributed by atoms with E-state index in [1.165, 1.54) is 51.9 Å². The van der Waals surface area contributed by atoms with Crippen molar-refractivity contribution in [1.29, 1.82) is 0 Å². The average Bonchev–Trinajstić information content (AvgIpc) is 3.67. The van der Waals surface area contributed by atoms with Crippen LogP contribution >= 0.6 is 0 Å². The Hall–Kier alpha value is -6.60. The Kier molecular flexibility index (Phi) is 6.32. The molecule has 3 aliphatic rings. The Morgan fingerprint density at radius 3 is 1.52 bits per heavy atom. The molecular formula is C43H28N2O5. The number of hydrogen-bond acceptors (Lipinski definition) is 5. The lowest BCUT2D eigenvalue weighted by Gasteiger charge is -2.34. The van der Waals surface area contributed by atoms with Gasteiger partial charge in [-0.3, -0.25) is 24.1 Å². The molecule has 6 aromatic rings. The number of nitrogens with zero attached hydrogens (tertiary/aromatic N) is 2. The third kappa shape index (κ3) is 4.04. The summed E-state index contributed by atoms with van der Waals surface area (Å²) in [6.07, 6.45) is 0. The van der Waals surface area contributed by atoms with E-state index >= 15 is 0 Å². The fourth-order valence-corrected chi connectivity index (χ4v) is 7.75. The monoisotopic (exact) mass is 652 g/mol. The Morgan fingerprint density at radius 1 is 0.480 bits per heavy atom. The first-order chi connectivity index (χ1) is 24.3. The van der Waals surface area contributed by atoms with Gasteiger partial charge in [-0.25, -0.2) is 4.90 Å². The Morgan fingerprint density at radius 2 is 0.940 bits per heavy atom. The molecule has 6 aromatic carbocycles. The van der Waals surface area contributed by atoms with Gasteiger partial charge in [0.05, 0.1) is 33.4 Å². The summed E-state index contributed by atoms with van der Waals surface area (Å²) in [5.41, 5.74) is 8.97. The molecule has 4 amide bonds. The van der Waals surface area contributed by atoms with Crippen LogP contribution in [0.25, 0.3) is 11.1 Å². The van der Waals surface area contributed by atoms with Crippen LogP contribution in [0.5, 0.6) is 11.5 Å². The topological polar surface area (TPSA) is 84.0 Å². The van der Waals surface area contributed by atoms with Crippen LogP contribution in [-0.4, -0.2) is 35.6 Å². The van der Waals surface area contributed by atoms with E-state index in [1.54, 1.807) is 24.3 Å². The van der Waals surface area contributed by atoms with Crippen molar-refractivity contribution in [3.8, 4) is 22.6 Å². The lowest BCUT2D eigenvalue weighted by atomic mass is 9.67. The smallest absolute Gasteiger partial charge is 0.266 e. The lowest BCUT2D eigenvalue weighted by molar-refractivity contribution is 0.0692. The minimum atomic E-state index is -0.599. The fourth-order valence-electron chi connectivity index (χ4n) is 7.75. The molecule has 0 saturated heterocycles. The van der Waals surface area contributed by atoms with E-state index in [0.717, 1.165) is 16.0 Å². The molecule has 9 rings (SSSR count). The van der Waals surface area contributed by atoms with E-state index in [9.17, 15) is 19.2 Å². The molecule has 0 atom stereocenters. The van der Waals surface area contributed by atoms with Crippen LogP contribution in [0.1, 0.15) is 69.2 Å². The van der Waals surface area contributed by atoms with E-state index < -0.39 is 23.1 Å². The highest BCUT2D eigenvalue weighted by molar-refractivity contribution is 6.34. The maximum atomic E-state index is 13.8. The summed E-state index contributed by atoms with van der Waals surface area (Å²) >= 11 is 0. The summed E-state index contributed by atoms with van der Waals surface area (Å²) in [6, 6.07) is 42.7. The van der Waals surface area contributed by atoms with Crippen molar-refractivity contribution in [2.75, 3.05) is 11.9 Å². The molecule has 0 saturated carbocycles. The first kappa shape index (κ1) is 29.5. The molecule has 0 fully saturated rings. The van der Waals surface area contributed by atoms with Crippen LogP contribution < -0.4 is 9.64 Å². The van der Waals surface area contributed by atoms with Crippen molar-refractivity contribution >= 4 is 29.3 Å². The van der Waals surface area contributed by atoms with Gasteiger partial charge in [0, 0.05) is 7.05 Å². The van der Waals surface area contributed by atoms with Gasteiger partial charge in [0.1, 0.15) is 11.5 Å². The maximum Gasteiger partial charge on any atom is 0.266 e. The number of rotatable bonds is 5. The summed E-state index contributed by atoms with van der Waals surface area (Å²) in [6.45, 7) is 2.08. The van der Waals surface area contributed by atoms with Crippen molar-refractivity contribution in [2.24, 2.45) is 0 Å². The number of carbonyl (C=O) groups is 4. The average molecular weight is 653 g/mol. The largest absolute Gasteiger partial charge is 0.457 e. The van der Waals surface area contributed by atoms with Gasteiger partial charge in [-0.1, -0.05) is 90.5 Å².